The number of hydrogen-bond donors (Lipinski definition) is 0. The van der Waals surface area contributed by atoms with E-state index in [4.69, 9.17) is 0 Å². The maximum absolute atomic E-state index is 2.50. The van der Waals surface area contributed by atoms with Crippen LogP contribution in [-0.2, 0) is 10.8 Å². The molecule has 1 heterocycles. The van der Waals surface area contributed by atoms with Crippen molar-refractivity contribution in [1.29, 1.82) is 0 Å². The second-order valence-corrected chi connectivity index (χ2v) is 18.2. The van der Waals surface area contributed by atoms with Gasteiger partial charge in [0.05, 0.1) is 10.8 Å². The van der Waals surface area contributed by atoms with Crippen LogP contribution in [0, 0.1) is 0 Å². The van der Waals surface area contributed by atoms with Crippen LogP contribution in [0.2, 0.25) is 0 Å². The number of rotatable bonds is 7. The summed E-state index contributed by atoms with van der Waals surface area (Å²) in [5.74, 6) is 0. The fourth-order valence-corrected chi connectivity index (χ4v) is 12.6. The molecule has 0 unspecified atom stereocenters. The second-order valence-electron chi connectivity index (χ2n) is 17.1. The molecule has 300 valence electrons. The Morgan fingerprint density at radius 1 is 0.266 bits per heavy atom. The molecule has 2 heteroatoms. The number of benzene rings is 10. The van der Waals surface area contributed by atoms with Crippen LogP contribution in [0.4, 0.5) is 17.1 Å². The van der Waals surface area contributed by atoms with E-state index in [0.29, 0.717) is 0 Å². The van der Waals surface area contributed by atoms with Gasteiger partial charge < -0.3 is 4.90 Å². The topological polar surface area (TPSA) is 3.24 Å². The van der Waals surface area contributed by atoms with Crippen LogP contribution in [0.1, 0.15) is 44.5 Å². The van der Waals surface area contributed by atoms with E-state index in [1.54, 1.807) is 0 Å². The van der Waals surface area contributed by atoms with Gasteiger partial charge in [-0.1, -0.05) is 206 Å². The van der Waals surface area contributed by atoms with E-state index in [2.05, 4.69) is 254 Å². The van der Waals surface area contributed by atoms with Gasteiger partial charge in [-0.05, 0) is 109 Å². The van der Waals surface area contributed by atoms with Crippen molar-refractivity contribution in [2.75, 3.05) is 4.90 Å². The number of fused-ring (bicyclic) bond motifs is 9. The lowest BCUT2D eigenvalue weighted by molar-refractivity contribution is 0.768. The minimum absolute atomic E-state index is 0.474. The molecule has 0 spiro atoms. The molecule has 11 aromatic rings. The van der Waals surface area contributed by atoms with Crippen molar-refractivity contribution in [3.63, 3.8) is 0 Å². The fraction of sp³-hybridized carbons (Fsp3) is 0.0323. The van der Waals surface area contributed by atoms with E-state index in [9.17, 15) is 0 Å². The van der Waals surface area contributed by atoms with E-state index in [-0.39, 0.29) is 0 Å². The van der Waals surface area contributed by atoms with Crippen LogP contribution in [0.3, 0.4) is 0 Å². The zero-order chi connectivity index (χ0) is 42.2. The van der Waals surface area contributed by atoms with Crippen molar-refractivity contribution in [2.24, 2.45) is 0 Å². The summed E-state index contributed by atoms with van der Waals surface area (Å²) in [6, 6.07) is 92.8. The summed E-state index contributed by atoms with van der Waals surface area (Å²) in [4.78, 5) is 2.50. The Morgan fingerprint density at radius 2 is 0.672 bits per heavy atom. The third kappa shape index (κ3) is 5.18. The average Bonchev–Trinajstić information content (AvgIpc) is 4.00. The monoisotopic (exact) mass is 831 g/mol. The van der Waals surface area contributed by atoms with Crippen molar-refractivity contribution in [2.45, 2.75) is 10.8 Å². The van der Waals surface area contributed by atoms with E-state index in [1.165, 1.54) is 86.9 Å². The standard InChI is InChI=1S/C62H41NS/c1-5-19-42(20-6-1)61(43-21-7-2-8-22-43)56-31-17-14-28-50(56)54-39-46(35-38-57(54)61)63(48-34-37-53-52-29-15-18-32-59(52)64-60(53)41-48)47-33-36-51-49-27-13-16-30-55(49)62(58(51)40-47,44-23-9-3-10-24-44)45-25-11-4-12-26-45/h1-41H. The van der Waals surface area contributed by atoms with Crippen LogP contribution in [0.5, 0.6) is 0 Å². The molecule has 1 nitrogen and oxygen atoms in total. The zero-order valence-corrected chi connectivity index (χ0v) is 35.8. The van der Waals surface area contributed by atoms with Gasteiger partial charge in [0, 0.05) is 37.2 Å². The Balaban J connectivity index is 1.09. The average molecular weight is 832 g/mol. The van der Waals surface area contributed by atoms with Crippen molar-refractivity contribution < 1.29 is 0 Å². The molecule has 10 aromatic carbocycles. The lowest BCUT2D eigenvalue weighted by Crippen LogP contribution is -2.28. The van der Waals surface area contributed by atoms with Crippen molar-refractivity contribution in [3.8, 4) is 22.3 Å². The lowest BCUT2D eigenvalue weighted by atomic mass is 9.67. The molecule has 0 aliphatic heterocycles. The highest BCUT2D eigenvalue weighted by atomic mass is 32.1. The van der Waals surface area contributed by atoms with Gasteiger partial charge in [-0.15, -0.1) is 11.3 Å². The summed E-state index contributed by atoms with van der Waals surface area (Å²) in [6.45, 7) is 0. The van der Waals surface area contributed by atoms with Crippen molar-refractivity contribution in [3.05, 3.63) is 293 Å². The van der Waals surface area contributed by atoms with E-state index in [1.807, 2.05) is 11.3 Å². The summed E-state index contributed by atoms with van der Waals surface area (Å²) in [6.07, 6.45) is 0. The number of anilines is 3. The molecular weight excluding hydrogens is 791 g/mol. The van der Waals surface area contributed by atoms with Gasteiger partial charge >= 0.3 is 0 Å². The Morgan fingerprint density at radius 3 is 1.28 bits per heavy atom. The van der Waals surface area contributed by atoms with E-state index in [0.717, 1.165) is 17.1 Å². The highest BCUT2D eigenvalue weighted by Crippen LogP contribution is 2.59. The molecule has 0 fully saturated rings. The highest BCUT2D eigenvalue weighted by molar-refractivity contribution is 7.25. The van der Waals surface area contributed by atoms with Gasteiger partial charge in [-0.25, -0.2) is 0 Å². The summed E-state index contributed by atoms with van der Waals surface area (Å²) in [5.41, 5.74) is 17.7. The molecule has 0 bridgehead atoms. The van der Waals surface area contributed by atoms with Crippen LogP contribution in [0.25, 0.3) is 42.4 Å². The maximum atomic E-state index is 2.50. The highest BCUT2D eigenvalue weighted by Gasteiger charge is 2.48. The first-order chi connectivity index (χ1) is 31.7. The first-order valence-electron chi connectivity index (χ1n) is 22.2. The number of nitrogens with zero attached hydrogens (tertiary/aromatic N) is 1. The van der Waals surface area contributed by atoms with E-state index < -0.39 is 10.8 Å². The third-order valence-electron chi connectivity index (χ3n) is 14.0. The normalized spacial score (nSPS) is 13.9. The first-order valence-corrected chi connectivity index (χ1v) is 23.0. The van der Waals surface area contributed by atoms with E-state index >= 15 is 0 Å². The molecule has 0 N–H and O–H groups in total. The Hall–Kier alpha value is -7.78. The largest absolute Gasteiger partial charge is 0.310 e. The molecule has 0 atom stereocenters. The smallest absolute Gasteiger partial charge is 0.0714 e. The van der Waals surface area contributed by atoms with Gasteiger partial charge in [0.2, 0.25) is 0 Å². The minimum Gasteiger partial charge on any atom is -0.310 e. The molecule has 0 saturated carbocycles. The van der Waals surface area contributed by atoms with Gasteiger partial charge in [0.15, 0.2) is 0 Å². The van der Waals surface area contributed by atoms with Crippen LogP contribution in [-0.4, -0.2) is 0 Å². The molecule has 0 amide bonds. The lowest BCUT2D eigenvalue weighted by Gasteiger charge is -2.35. The first kappa shape index (κ1) is 36.8. The van der Waals surface area contributed by atoms with Crippen molar-refractivity contribution >= 4 is 48.6 Å². The SMILES string of the molecule is c1ccc(C2(c3ccccc3)c3ccccc3-c3cc(N(c4ccc5c(c4)C(c4ccccc4)(c4ccccc4)c4ccccc4-5)c4ccc5c(c4)sc4ccccc45)ccc32)cc1. The minimum atomic E-state index is -0.520. The maximum Gasteiger partial charge on any atom is 0.0714 e. The molecular formula is C62H41NS. The van der Waals surface area contributed by atoms with Crippen LogP contribution < -0.4 is 4.90 Å². The molecule has 0 radical (unpaired) electrons. The quantitative estimate of drug-likeness (QED) is 0.155. The summed E-state index contributed by atoms with van der Waals surface area (Å²) < 4.78 is 2.58. The van der Waals surface area contributed by atoms with Gasteiger partial charge in [-0.3, -0.25) is 0 Å². The molecule has 13 rings (SSSR count). The zero-order valence-electron chi connectivity index (χ0n) is 35.0. The van der Waals surface area contributed by atoms with Gasteiger partial charge in [0.1, 0.15) is 0 Å². The number of thiophene rings is 1. The van der Waals surface area contributed by atoms with Gasteiger partial charge in [0.25, 0.3) is 0 Å². The summed E-state index contributed by atoms with van der Waals surface area (Å²) in [7, 11) is 0. The third-order valence-corrected chi connectivity index (χ3v) is 15.2. The molecule has 64 heavy (non-hydrogen) atoms. The Labute approximate surface area is 377 Å². The predicted molar refractivity (Wildman–Crippen MR) is 269 cm³/mol. The fourth-order valence-electron chi connectivity index (χ4n) is 11.4. The molecule has 2 aliphatic rings. The second kappa shape index (κ2) is 14.4. The number of hydrogen-bond acceptors (Lipinski definition) is 2. The van der Waals surface area contributed by atoms with Crippen molar-refractivity contribution in [1.82, 2.24) is 0 Å². The molecule has 0 saturated heterocycles. The molecule has 1 aromatic heterocycles. The van der Waals surface area contributed by atoms with Gasteiger partial charge in [-0.2, -0.15) is 0 Å². The summed E-state index contributed by atoms with van der Waals surface area (Å²) >= 11 is 1.87. The predicted octanol–water partition coefficient (Wildman–Crippen LogP) is 16.3. The Kier molecular flexibility index (Phi) is 8.28. The van der Waals surface area contributed by atoms with Crippen LogP contribution >= 0.6 is 11.3 Å². The molecule has 2 aliphatic carbocycles. The summed E-state index contributed by atoms with van der Waals surface area (Å²) in [5, 5.41) is 2.60. The van der Waals surface area contributed by atoms with Crippen LogP contribution in [0.15, 0.2) is 249 Å². The Bertz CT molecular complexity index is 3470.